The van der Waals surface area contributed by atoms with Gasteiger partial charge in [-0.25, -0.2) is 0 Å². The molecule has 0 aliphatic carbocycles. The second kappa shape index (κ2) is 7.84. The van der Waals surface area contributed by atoms with Crippen LogP contribution >= 0.6 is 0 Å². The van der Waals surface area contributed by atoms with Crippen molar-refractivity contribution in [3.63, 3.8) is 0 Å². The Hall–Kier alpha value is -2.53. The maximum atomic E-state index is 12.4. The molecule has 0 aliphatic heterocycles. The fourth-order valence-electron chi connectivity index (χ4n) is 2.07. The van der Waals surface area contributed by atoms with Crippen molar-refractivity contribution in [2.24, 2.45) is 5.73 Å². The molecule has 24 heavy (non-hydrogen) atoms. The molecule has 0 aliphatic rings. The van der Waals surface area contributed by atoms with Crippen molar-refractivity contribution in [3.8, 4) is 17.2 Å². The summed E-state index contributed by atoms with van der Waals surface area (Å²) in [5.74, 6) is 1.45. The van der Waals surface area contributed by atoms with Crippen LogP contribution in [-0.2, 0) is 0 Å². The van der Waals surface area contributed by atoms with Gasteiger partial charge in [-0.05, 0) is 45.0 Å². The van der Waals surface area contributed by atoms with Gasteiger partial charge in [0.1, 0.15) is 5.75 Å². The quantitative estimate of drug-likeness (QED) is 0.817. The third-order valence-electron chi connectivity index (χ3n) is 3.21. The van der Waals surface area contributed by atoms with E-state index in [1.807, 2.05) is 51.1 Å². The first-order valence-corrected chi connectivity index (χ1v) is 7.96. The average Bonchev–Trinajstić information content (AvgIpc) is 2.54. The molecule has 3 N–H and O–H groups in total. The van der Waals surface area contributed by atoms with E-state index in [1.54, 1.807) is 18.2 Å². The van der Waals surface area contributed by atoms with Crippen LogP contribution in [-0.4, -0.2) is 24.6 Å². The van der Waals surface area contributed by atoms with Gasteiger partial charge in [-0.1, -0.05) is 24.3 Å². The minimum absolute atomic E-state index is 0.224. The van der Waals surface area contributed by atoms with Crippen molar-refractivity contribution < 1.29 is 14.3 Å². The maximum absolute atomic E-state index is 12.4. The molecule has 0 spiro atoms. The monoisotopic (exact) mass is 328 g/mol. The summed E-state index contributed by atoms with van der Waals surface area (Å²) in [4.78, 5) is 12.4. The third kappa shape index (κ3) is 4.99. The SMILES string of the molecule is CCOc1ccccc1Oc1ccccc1C(=O)NCC(C)(C)N. The number of nitrogens with one attached hydrogen (secondary N) is 1. The lowest BCUT2D eigenvalue weighted by molar-refractivity contribution is 0.0943. The lowest BCUT2D eigenvalue weighted by atomic mass is 10.1. The number of rotatable bonds is 7. The lowest BCUT2D eigenvalue weighted by Crippen LogP contribution is -2.45. The Morgan fingerprint density at radius 1 is 1.04 bits per heavy atom. The van der Waals surface area contributed by atoms with E-state index in [1.165, 1.54) is 0 Å². The van der Waals surface area contributed by atoms with Crippen LogP contribution in [0.4, 0.5) is 0 Å². The molecule has 2 aromatic carbocycles. The minimum atomic E-state index is -0.479. The van der Waals surface area contributed by atoms with E-state index in [9.17, 15) is 4.79 Å². The number of amides is 1. The van der Waals surface area contributed by atoms with Gasteiger partial charge < -0.3 is 20.5 Å². The number of carbonyl (C=O) groups is 1. The summed E-state index contributed by atoms with van der Waals surface area (Å²) >= 11 is 0. The van der Waals surface area contributed by atoms with E-state index >= 15 is 0 Å². The van der Waals surface area contributed by atoms with E-state index in [0.29, 0.717) is 36.0 Å². The number of para-hydroxylation sites is 3. The predicted molar refractivity (Wildman–Crippen MR) is 94.7 cm³/mol. The highest BCUT2D eigenvalue weighted by atomic mass is 16.5. The highest BCUT2D eigenvalue weighted by molar-refractivity contribution is 5.97. The summed E-state index contributed by atoms with van der Waals surface area (Å²) in [6, 6.07) is 14.5. The van der Waals surface area contributed by atoms with Crippen LogP contribution in [0.1, 0.15) is 31.1 Å². The largest absolute Gasteiger partial charge is 0.490 e. The van der Waals surface area contributed by atoms with Crippen LogP contribution in [0.15, 0.2) is 48.5 Å². The van der Waals surface area contributed by atoms with E-state index in [2.05, 4.69) is 5.32 Å². The van der Waals surface area contributed by atoms with Crippen molar-refractivity contribution in [2.75, 3.05) is 13.2 Å². The van der Waals surface area contributed by atoms with Crippen molar-refractivity contribution in [3.05, 3.63) is 54.1 Å². The van der Waals surface area contributed by atoms with Gasteiger partial charge in [0.2, 0.25) is 0 Å². The topological polar surface area (TPSA) is 73.6 Å². The molecule has 0 heterocycles. The second-order valence-corrected chi connectivity index (χ2v) is 6.15. The normalized spacial score (nSPS) is 11.0. The van der Waals surface area contributed by atoms with Crippen LogP contribution in [0.25, 0.3) is 0 Å². The summed E-state index contributed by atoms with van der Waals surface area (Å²) in [5.41, 5.74) is 5.89. The number of carbonyl (C=O) groups excluding carboxylic acids is 1. The van der Waals surface area contributed by atoms with Crippen molar-refractivity contribution >= 4 is 5.91 Å². The van der Waals surface area contributed by atoms with Gasteiger partial charge >= 0.3 is 0 Å². The van der Waals surface area contributed by atoms with Gasteiger partial charge in [0.15, 0.2) is 11.5 Å². The molecule has 2 aromatic rings. The van der Waals surface area contributed by atoms with E-state index < -0.39 is 5.54 Å². The summed E-state index contributed by atoms with van der Waals surface area (Å²) < 4.78 is 11.5. The maximum Gasteiger partial charge on any atom is 0.255 e. The molecule has 0 unspecified atom stereocenters. The van der Waals surface area contributed by atoms with Crippen molar-refractivity contribution in [1.29, 1.82) is 0 Å². The first-order chi connectivity index (χ1) is 11.4. The van der Waals surface area contributed by atoms with E-state index in [-0.39, 0.29) is 5.91 Å². The average molecular weight is 328 g/mol. The smallest absolute Gasteiger partial charge is 0.255 e. The van der Waals surface area contributed by atoms with Gasteiger partial charge in [0.05, 0.1) is 12.2 Å². The van der Waals surface area contributed by atoms with Crippen molar-refractivity contribution in [1.82, 2.24) is 5.32 Å². The summed E-state index contributed by atoms with van der Waals surface area (Å²) in [6.07, 6.45) is 0. The Balaban J connectivity index is 2.22. The first kappa shape index (κ1) is 17.8. The van der Waals surface area contributed by atoms with Crippen LogP contribution in [0, 0.1) is 0 Å². The second-order valence-electron chi connectivity index (χ2n) is 6.15. The zero-order valence-electron chi connectivity index (χ0n) is 14.3. The van der Waals surface area contributed by atoms with Crippen LogP contribution in [0.2, 0.25) is 0 Å². The standard InChI is InChI=1S/C19H24N2O3/c1-4-23-16-11-7-8-12-17(16)24-15-10-6-5-9-14(15)18(22)21-13-19(2,3)20/h5-12H,4,13,20H2,1-3H3,(H,21,22). The zero-order chi connectivity index (χ0) is 17.6. The molecule has 1 amide bonds. The van der Waals surface area contributed by atoms with Crippen LogP contribution in [0.3, 0.4) is 0 Å². The van der Waals surface area contributed by atoms with Gasteiger partial charge in [-0.15, -0.1) is 0 Å². The summed E-state index contributed by atoms with van der Waals surface area (Å²) in [7, 11) is 0. The fraction of sp³-hybridized carbons (Fsp3) is 0.316. The molecule has 0 atom stereocenters. The number of nitrogens with two attached hydrogens (primary N) is 1. The Morgan fingerprint density at radius 2 is 1.62 bits per heavy atom. The fourth-order valence-corrected chi connectivity index (χ4v) is 2.07. The Labute approximate surface area is 142 Å². The molecule has 0 aromatic heterocycles. The highest BCUT2D eigenvalue weighted by Gasteiger charge is 2.17. The zero-order valence-corrected chi connectivity index (χ0v) is 14.3. The lowest BCUT2D eigenvalue weighted by Gasteiger charge is -2.19. The Kier molecular flexibility index (Phi) is 5.82. The molecule has 5 nitrogen and oxygen atoms in total. The van der Waals surface area contributed by atoms with E-state index in [0.717, 1.165) is 0 Å². The summed E-state index contributed by atoms with van der Waals surface area (Å²) in [5, 5.41) is 2.83. The molecule has 0 bridgehead atoms. The summed E-state index contributed by atoms with van der Waals surface area (Å²) in [6.45, 7) is 6.53. The predicted octanol–water partition coefficient (Wildman–Crippen LogP) is 3.34. The first-order valence-electron chi connectivity index (χ1n) is 7.96. The van der Waals surface area contributed by atoms with Gasteiger partial charge in [0, 0.05) is 12.1 Å². The third-order valence-corrected chi connectivity index (χ3v) is 3.21. The van der Waals surface area contributed by atoms with Gasteiger partial charge in [-0.3, -0.25) is 4.79 Å². The molecular formula is C19H24N2O3. The Bertz CT molecular complexity index is 693. The minimum Gasteiger partial charge on any atom is -0.490 e. The van der Waals surface area contributed by atoms with E-state index in [4.69, 9.17) is 15.2 Å². The molecule has 128 valence electrons. The molecule has 0 saturated carbocycles. The molecule has 5 heteroatoms. The Morgan fingerprint density at radius 3 is 2.25 bits per heavy atom. The van der Waals surface area contributed by atoms with Gasteiger partial charge in [0.25, 0.3) is 5.91 Å². The van der Waals surface area contributed by atoms with Gasteiger partial charge in [-0.2, -0.15) is 0 Å². The molecule has 0 saturated heterocycles. The number of hydrogen-bond acceptors (Lipinski definition) is 4. The number of benzene rings is 2. The molecule has 2 rings (SSSR count). The van der Waals surface area contributed by atoms with Crippen LogP contribution < -0.4 is 20.5 Å². The molecular weight excluding hydrogens is 304 g/mol. The molecule has 0 radical (unpaired) electrons. The van der Waals surface area contributed by atoms with Crippen LogP contribution in [0.5, 0.6) is 17.2 Å². The number of ether oxygens (including phenoxy) is 2. The molecule has 0 fully saturated rings. The number of hydrogen-bond donors (Lipinski definition) is 2. The van der Waals surface area contributed by atoms with Crippen molar-refractivity contribution in [2.45, 2.75) is 26.3 Å². The highest BCUT2D eigenvalue weighted by Crippen LogP contribution is 2.32.